The van der Waals surface area contributed by atoms with Gasteiger partial charge in [-0.3, -0.25) is 10.2 Å². The van der Waals surface area contributed by atoms with Gasteiger partial charge >= 0.3 is 0 Å². The predicted octanol–water partition coefficient (Wildman–Crippen LogP) is -0.522. The van der Waals surface area contributed by atoms with Crippen molar-refractivity contribution in [2.24, 2.45) is 5.84 Å². The number of hydrogen-bond acceptors (Lipinski definition) is 4. The van der Waals surface area contributed by atoms with E-state index in [1.54, 1.807) is 0 Å². The molecule has 0 aliphatic carbocycles. The van der Waals surface area contributed by atoms with Crippen molar-refractivity contribution in [2.45, 2.75) is 6.54 Å². The third kappa shape index (κ3) is 4.10. The number of hydrogen-bond donors (Lipinski definition) is 3. The molecule has 0 radical (unpaired) electrons. The third-order valence-electron chi connectivity index (χ3n) is 1.97. The molecule has 1 aromatic carbocycles. The van der Waals surface area contributed by atoms with E-state index in [0.29, 0.717) is 0 Å². The quantitative estimate of drug-likeness (QED) is 0.385. The van der Waals surface area contributed by atoms with Crippen molar-refractivity contribution in [3.8, 4) is 0 Å². The molecule has 0 unspecified atom stereocenters. The van der Waals surface area contributed by atoms with Gasteiger partial charge in [0.1, 0.15) is 5.82 Å². The molecule has 0 saturated carbocycles. The Balaban J connectivity index is 2.87. The summed E-state index contributed by atoms with van der Waals surface area (Å²) in [6, 6.07) is 3.66. The first-order valence-corrected chi connectivity index (χ1v) is 6.46. The van der Waals surface area contributed by atoms with Crippen LogP contribution in [0.5, 0.6) is 0 Å². The molecule has 0 aliphatic rings. The molecular formula is C9H12FN3O3S. The van der Waals surface area contributed by atoms with Crippen molar-refractivity contribution in [2.75, 3.05) is 6.26 Å². The van der Waals surface area contributed by atoms with Crippen molar-refractivity contribution in [3.05, 3.63) is 35.1 Å². The van der Waals surface area contributed by atoms with Crippen molar-refractivity contribution < 1.29 is 17.6 Å². The molecule has 0 aromatic heterocycles. The molecule has 0 bridgehead atoms. The van der Waals surface area contributed by atoms with Crippen LogP contribution < -0.4 is 16.0 Å². The van der Waals surface area contributed by atoms with Gasteiger partial charge in [-0.25, -0.2) is 23.4 Å². The van der Waals surface area contributed by atoms with Crippen molar-refractivity contribution in [3.63, 3.8) is 0 Å². The zero-order valence-electron chi connectivity index (χ0n) is 9.03. The summed E-state index contributed by atoms with van der Waals surface area (Å²) >= 11 is 0. The first-order valence-electron chi connectivity index (χ1n) is 4.57. The van der Waals surface area contributed by atoms with E-state index in [4.69, 9.17) is 5.84 Å². The standard InChI is InChI=1S/C9H12FN3O3S/c1-17(15,16)12-5-7-3-2-6(4-8(7)10)9(14)13-11/h2-4,12H,5,11H2,1H3,(H,13,14). The van der Waals surface area contributed by atoms with E-state index in [2.05, 4.69) is 4.72 Å². The Morgan fingerprint density at radius 2 is 2.12 bits per heavy atom. The van der Waals surface area contributed by atoms with Crippen LogP contribution in [-0.4, -0.2) is 20.6 Å². The molecule has 0 fully saturated rings. The third-order valence-corrected chi connectivity index (χ3v) is 2.64. The number of benzene rings is 1. The van der Waals surface area contributed by atoms with Crippen LogP contribution in [0.3, 0.4) is 0 Å². The number of hydrazine groups is 1. The molecule has 94 valence electrons. The first kappa shape index (κ1) is 13.6. The van der Waals surface area contributed by atoms with E-state index in [1.165, 1.54) is 12.1 Å². The Bertz CT molecular complexity index is 530. The Kier molecular flexibility index (Phi) is 4.16. The maximum atomic E-state index is 13.5. The number of carbonyl (C=O) groups is 1. The minimum absolute atomic E-state index is 0.0631. The molecule has 1 aromatic rings. The topological polar surface area (TPSA) is 101 Å². The van der Waals surface area contributed by atoms with Gasteiger partial charge in [-0.2, -0.15) is 0 Å². The van der Waals surface area contributed by atoms with E-state index in [0.717, 1.165) is 12.3 Å². The molecule has 1 rings (SSSR count). The normalized spacial score (nSPS) is 11.2. The molecule has 4 N–H and O–H groups in total. The van der Waals surface area contributed by atoms with Gasteiger partial charge in [-0.1, -0.05) is 6.07 Å². The van der Waals surface area contributed by atoms with E-state index in [9.17, 15) is 17.6 Å². The number of rotatable bonds is 4. The highest BCUT2D eigenvalue weighted by atomic mass is 32.2. The van der Waals surface area contributed by atoms with Crippen molar-refractivity contribution in [1.29, 1.82) is 0 Å². The first-order chi connectivity index (χ1) is 7.83. The monoisotopic (exact) mass is 261 g/mol. The van der Waals surface area contributed by atoms with Gasteiger partial charge in [0.2, 0.25) is 10.0 Å². The number of nitrogens with one attached hydrogen (secondary N) is 2. The number of halogens is 1. The summed E-state index contributed by atoms with van der Waals surface area (Å²) in [5, 5.41) is 0. The van der Waals surface area contributed by atoms with Gasteiger partial charge in [-0.15, -0.1) is 0 Å². The lowest BCUT2D eigenvalue weighted by Crippen LogP contribution is -2.30. The van der Waals surface area contributed by atoms with Gasteiger partial charge in [0.05, 0.1) is 6.26 Å². The molecule has 1 amide bonds. The molecule has 0 heterocycles. The van der Waals surface area contributed by atoms with Crippen LogP contribution in [0, 0.1) is 5.82 Å². The van der Waals surface area contributed by atoms with Crippen LogP contribution >= 0.6 is 0 Å². The second kappa shape index (κ2) is 5.21. The summed E-state index contributed by atoms with van der Waals surface area (Å²) in [6.07, 6.45) is 0.973. The molecule has 0 aliphatic heterocycles. The van der Waals surface area contributed by atoms with Gasteiger partial charge in [0, 0.05) is 17.7 Å². The molecule has 0 atom stereocenters. The fraction of sp³-hybridized carbons (Fsp3) is 0.222. The number of nitrogen functional groups attached to an aromatic ring is 1. The minimum Gasteiger partial charge on any atom is -0.290 e. The summed E-state index contributed by atoms with van der Waals surface area (Å²) in [4.78, 5) is 11.1. The van der Waals surface area contributed by atoms with E-state index >= 15 is 0 Å². The van der Waals surface area contributed by atoms with E-state index < -0.39 is 21.7 Å². The van der Waals surface area contributed by atoms with E-state index in [-0.39, 0.29) is 17.7 Å². The van der Waals surface area contributed by atoms with Gasteiger partial charge in [0.15, 0.2) is 0 Å². The molecular weight excluding hydrogens is 249 g/mol. The summed E-state index contributed by atoms with van der Waals surface area (Å²) < 4.78 is 37.3. The lowest BCUT2D eigenvalue weighted by molar-refractivity contribution is 0.0953. The predicted molar refractivity (Wildman–Crippen MR) is 59.7 cm³/mol. The smallest absolute Gasteiger partial charge is 0.265 e. The zero-order chi connectivity index (χ0) is 13.1. The lowest BCUT2D eigenvalue weighted by atomic mass is 10.1. The summed E-state index contributed by atoms with van der Waals surface area (Å²) in [7, 11) is -3.39. The van der Waals surface area contributed by atoms with Gasteiger partial charge in [-0.05, 0) is 12.1 Å². The highest BCUT2D eigenvalue weighted by Gasteiger charge is 2.09. The number of sulfonamides is 1. The fourth-order valence-corrected chi connectivity index (χ4v) is 1.54. The second-order valence-corrected chi connectivity index (χ2v) is 5.21. The Morgan fingerprint density at radius 1 is 1.47 bits per heavy atom. The maximum absolute atomic E-state index is 13.5. The number of carbonyl (C=O) groups excluding carboxylic acids is 1. The number of nitrogens with two attached hydrogens (primary N) is 1. The van der Waals surface area contributed by atoms with Crippen molar-refractivity contribution in [1.82, 2.24) is 10.1 Å². The molecule has 0 saturated heterocycles. The van der Waals surface area contributed by atoms with Gasteiger partial charge < -0.3 is 0 Å². The summed E-state index contributed by atoms with van der Waals surface area (Å²) in [5.74, 6) is 3.60. The molecule has 17 heavy (non-hydrogen) atoms. The van der Waals surface area contributed by atoms with Crippen LogP contribution in [0.2, 0.25) is 0 Å². The largest absolute Gasteiger partial charge is 0.290 e. The summed E-state index contributed by atoms with van der Waals surface area (Å²) in [6.45, 7) is -0.171. The maximum Gasteiger partial charge on any atom is 0.265 e. The van der Waals surface area contributed by atoms with Crippen LogP contribution in [-0.2, 0) is 16.6 Å². The highest BCUT2D eigenvalue weighted by Crippen LogP contribution is 2.10. The van der Waals surface area contributed by atoms with Crippen LogP contribution in [0.25, 0.3) is 0 Å². The van der Waals surface area contributed by atoms with Gasteiger partial charge in [0.25, 0.3) is 5.91 Å². The second-order valence-electron chi connectivity index (χ2n) is 3.37. The minimum atomic E-state index is -3.39. The average Bonchev–Trinajstić information content (AvgIpc) is 2.25. The zero-order valence-corrected chi connectivity index (χ0v) is 9.84. The Hall–Kier alpha value is -1.51. The van der Waals surface area contributed by atoms with Crippen LogP contribution in [0.4, 0.5) is 4.39 Å². The Labute approximate surface area is 98.0 Å². The van der Waals surface area contributed by atoms with Crippen LogP contribution in [0.15, 0.2) is 18.2 Å². The lowest BCUT2D eigenvalue weighted by Gasteiger charge is -2.06. The molecule has 8 heteroatoms. The molecule has 0 spiro atoms. The molecule has 6 nitrogen and oxygen atoms in total. The van der Waals surface area contributed by atoms with Crippen molar-refractivity contribution >= 4 is 15.9 Å². The average molecular weight is 261 g/mol. The highest BCUT2D eigenvalue weighted by molar-refractivity contribution is 7.88. The Morgan fingerprint density at radius 3 is 2.59 bits per heavy atom. The fourth-order valence-electron chi connectivity index (χ4n) is 1.12. The SMILES string of the molecule is CS(=O)(=O)NCc1ccc(C(=O)NN)cc1F. The summed E-state index contributed by atoms with van der Waals surface area (Å²) in [5.41, 5.74) is 2.07. The van der Waals surface area contributed by atoms with Crippen LogP contribution in [0.1, 0.15) is 15.9 Å². The number of amides is 1. The van der Waals surface area contributed by atoms with E-state index in [1.807, 2.05) is 5.43 Å².